The molecule has 0 bridgehead atoms. The maximum atomic E-state index is 4.62. The van der Waals surface area contributed by atoms with Gasteiger partial charge in [-0.25, -0.2) is 9.97 Å². The van der Waals surface area contributed by atoms with Gasteiger partial charge in [0, 0.05) is 25.1 Å². The van der Waals surface area contributed by atoms with Crippen LogP contribution in [0.2, 0.25) is 0 Å². The highest BCUT2D eigenvalue weighted by atomic mass is 15.1. The van der Waals surface area contributed by atoms with Crippen LogP contribution < -0.4 is 10.6 Å². The number of hydrogen-bond acceptors (Lipinski definition) is 4. The molecule has 0 radical (unpaired) electrons. The summed E-state index contributed by atoms with van der Waals surface area (Å²) >= 11 is 0. The van der Waals surface area contributed by atoms with Gasteiger partial charge in [0.15, 0.2) is 0 Å². The van der Waals surface area contributed by atoms with E-state index >= 15 is 0 Å². The van der Waals surface area contributed by atoms with E-state index in [1.165, 1.54) is 6.42 Å². The lowest BCUT2D eigenvalue weighted by atomic mass is 10.1. The molecule has 0 aromatic carbocycles. The first kappa shape index (κ1) is 14.7. The second-order valence-electron chi connectivity index (χ2n) is 5.20. The summed E-state index contributed by atoms with van der Waals surface area (Å²) in [6, 6.07) is 0. The van der Waals surface area contributed by atoms with Crippen molar-refractivity contribution in [3.05, 3.63) is 11.4 Å². The van der Waals surface area contributed by atoms with Gasteiger partial charge in [-0.05, 0) is 12.8 Å². The molecule has 4 heteroatoms. The van der Waals surface area contributed by atoms with Gasteiger partial charge in [0.25, 0.3) is 0 Å². The number of nitrogens with one attached hydrogen (secondary N) is 2. The minimum atomic E-state index is 0.335. The zero-order valence-electron chi connectivity index (χ0n) is 12.5. The molecular formula is C14H26N4. The first-order valence-corrected chi connectivity index (χ1v) is 6.79. The predicted octanol–water partition coefficient (Wildman–Crippen LogP) is 3.41. The van der Waals surface area contributed by atoms with Crippen molar-refractivity contribution in [1.82, 2.24) is 9.97 Å². The van der Waals surface area contributed by atoms with Gasteiger partial charge >= 0.3 is 0 Å². The Morgan fingerprint density at radius 3 is 2.22 bits per heavy atom. The third-order valence-corrected chi connectivity index (χ3v) is 3.23. The number of anilines is 2. The molecule has 1 aromatic rings. The number of rotatable bonds is 6. The Morgan fingerprint density at radius 2 is 1.72 bits per heavy atom. The van der Waals surface area contributed by atoms with Crippen LogP contribution >= 0.6 is 0 Å². The number of hydrogen-bond donors (Lipinski definition) is 2. The maximum absolute atomic E-state index is 4.62. The second-order valence-corrected chi connectivity index (χ2v) is 5.20. The Bertz CT molecular complexity index is 388. The van der Waals surface area contributed by atoms with Crippen LogP contribution in [0.5, 0.6) is 0 Å². The molecule has 18 heavy (non-hydrogen) atoms. The van der Waals surface area contributed by atoms with Gasteiger partial charge in [0.1, 0.15) is 17.5 Å². The molecule has 4 nitrogen and oxygen atoms in total. The summed E-state index contributed by atoms with van der Waals surface area (Å²) in [6.45, 7) is 11.7. The Labute approximate surface area is 111 Å². The predicted molar refractivity (Wildman–Crippen MR) is 78.3 cm³/mol. The average molecular weight is 250 g/mol. The Balaban J connectivity index is 2.97. The van der Waals surface area contributed by atoms with Gasteiger partial charge in [-0.1, -0.05) is 34.1 Å². The fourth-order valence-corrected chi connectivity index (χ4v) is 1.62. The lowest BCUT2D eigenvalue weighted by molar-refractivity contribution is 0.591. The number of aromatic nitrogens is 2. The molecule has 1 atom stereocenters. The topological polar surface area (TPSA) is 49.8 Å². The quantitative estimate of drug-likeness (QED) is 0.812. The summed E-state index contributed by atoms with van der Waals surface area (Å²) in [5.74, 6) is 3.75. The summed E-state index contributed by atoms with van der Waals surface area (Å²) < 4.78 is 0. The van der Waals surface area contributed by atoms with Crippen molar-refractivity contribution in [2.45, 2.75) is 47.0 Å². The van der Waals surface area contributed by atoms with E-state index in [0.717, 1.165) is 29.6 Å². The smallest absolute Gasteiger partial charge is 0.135 e. The van der Waals surface area contributed by atoms with Crippen LogP contribution in [0.25, 0.3) is 0 Å². The van der Waals surface area contributed by atoms with Gasteiger partial charge in [0.2, 0.25) is 0 Å². The lowest BCUT2D eigenvalue weighted by Gasteiger charge is -2.16. The number of nitrogens with zero attached hydrogens (tertiary/aromatic N) is 2. The van der Waals surface area contributed by atoms with Crippen molar-refractivity contribution in [3.8, 4) is 0 Å². The lowest BCUT2D eigenvalue weighted by Crippen LogP contribution is -2.15. The molecule has 0 spiro atoms. The SMILES string of the molecule is CCC(C)CNc1nc(C(C)C)nc(NC)c1C. The van der Waals surface area contributed by atoms with E-state index in [1.807, 2.05) is 7.05 Å². The monoisotopic (exact) mass is 250 g/mol. The largest absolute Gasteiger partial charge is 0.373 e. The highest BCUT2D eigenvalue weighted by molar-refractivity contribution is 5.57. The fraction of sp³-hybridized carbons (Fsp3) is 0.714. The van der Waals surface area contributed by atoms with E-state index in [9.17, 15) is 0 Å². The van der Waals surface area contributed by atoms with Gasteiger partial charge in [-0.2, -0.15) is 0 Å². The van der Waals surface area contributed by atoms with Gasteiger partial charge in [-0.3, -0.25) is 0 Å². The van der Waals surface area contributed by atoms with Crippen LogP contribution in [-0.4, -0.2) is 23.6 Å². The summed E-state index contributed by atoms with van der Waals surface area (Å²) in [5.41, 5.74) is 1.09. The van der Waals surface area contributed by atoms with Crippen LogP contribution in [0.1, 0.15) is 51.4 Å². The van der Waals surface area contributed by atoms with Crippen molar-refractivity contribution < 1.29 is 0 Å². The molecule has 0 saturated carbocycles. The Morgan fingerprint density at radius 1 is 1.11 bits per heavy atom. The standard InChI is InChI=1S/C14H26N4/c1-7-10(4)8-16-14-11(5)13(15-6)17-12(18-14)9(2)3/h9-10H,7-8H2,1-6H3,(H2,15,16,17,18). The summed E-state index contributed by atoms with van der Waals surface area (Å²) in [7, 11) is 1.90. The molecule has 2 N–H and O–H groups in total. The van der Waals surface area contributed by atoms with E-state index in [2.05, 4.69) is 55.2 Å². The van der Waals surface area contributed by atoms with Crippen LogP contribution in [0.3, 0.4) is 0 Å². The first-order valence-electron chi connectivity index (χ1n) is 6.79. The molecule has 1 unspecified atom stereocenters. The van der Waals surface area contributed by atoms with E-state index in [4.69, 9.17) is 0 Å². The third-order valence-electron chi connectivity index (χ3n) is 3.23. The molecule has 102 valence electrons. The molecule has 0 aliphatic rings. The van der Waals surface area contributed by atoms with Crippen LogP contribution in [-0.2, 0) is 0 Å². The van der Waals surface area contributed by atoms with Crippen molar-refractivity contribution in [3.63, 3.8) is 0 Å². The second kappa shape index (κ2) is 6.57. The molecule has 1 aromatic heterocycles. The summed E-state index contributed by atoms with van der Waals surface area (Å²) in [4.78, 5) is 9.16. The zero-order chi connectivity index (χ0) is 13.7. The van der Waals surface area contributed by atoms with Crippen molar-refractivity contribution >= 4 is 11.6 Å². The normalized spacial score (nSPS) is 12.6. The van der Waals surface area contributed by atoms with Crippen molar-refractivity contribution in [2.24, 2.45) is 5.92 Å². The van der Waals surface area contributed by atoms with E-state index < -0.39 is 0 Å². The minimum Gasteiger partial charge on any atom is -0.373 e. The molecule has 1 rings (SSSR count). The molecule has 1 heterocycles. The minimum absolute atomic E-state index is 0.335. The van der Waals surface area contributed by atoms with Gasteiger partial charge < -0.3 is 10.6 Å². The Hall–Kier alpha value is -1.32. The van der Waals surface area contributed by atoms with Crippen LogP contribution in [0.4, 0.5) is 11.6 Å². The highest BCUT2D eigenvalue weighted by Crippen LogP contribution is 2.23. The third kappa shape index (κ3) is 3.59. The molecule has 0 amide bonds. The highest BCUT2D eigenvalue weighted by Gasteiger charge is 2.12. The van der Waals surface area contributed by atoms with Crippen molar-refractivity contribution in [2.75, 3.05) is 24.2 Å². The van der Waals surface area contributed by atoms with Gasteiger partial charge in [-0.15, -0.1) is 0 Å². The van der Waals surface area contributed by atoms with E-state index in [0.29, 0.717) is 11.8 Å². The van der Waals surface area contributed by atoms with E-state index in [1.54, 1.807) is 0 Å². The summed E-state index contributed by atoms with van der Waals surface area (Å²) in [6.07, 6.45) is 1.17. The van der Waals surface area contributed by atoms with Crippen molar-refractivity contribution in [1.29, 1.82) is 0 Å². The molecule has 0 aliphatic heterocycles. The van der Waals surface area contributed by atoms with Crippen LogP contribution in [0.15, 0.2) is 0 Å². The fourth-order valence-electron chi connectivity index (χ4n) is 1.62. The molecule has 0 fully saturated rings. The molecule has 0 aliphatic carbocycles. The van der Waals surface area contributed by atoms with Crippen LogP contribution in [0, 0.1) is 12.8 Å². The van der Waals surface area contributed by atoms with E-state index in [-0.39, 0.29) is 0 Å². The average Bonchev–Trinajstić information content (AvgIpc) is 2.36. The molecular weight excluding hydrogens is 224 g/mol. The summed E-state index contributed by atoms with van der Waals surface area (Å²) in [5, 5.41) is 6.58. The first-order chi connectivity index (χ1) is 8.49. The maximum Gasteiger partial charge on any atom is 0.135 e. The zero-order valence-corrected chi connectivity index (χ0v) is 12.5. The Kier molecular flexibility index (Phi) is 5.38. The van der Waals surface area contributed by atoms with Gasteiger partial charge in [0.05, 0.1) is 0 Å². The molecule has 0 saturated heterocycles.